The lowest BCUT2D eigenvalue weighted by Gasteiger charge is -2.09. The Bertz CT molecular complexity index is 1930. The van der Waals surface area contributed by atoms with E-state index in [1.165, 1.54) is 0 Å². The molecular formula is C27H19ClN6O4. The van der Waals surface area contributed by atoms with Gasteiger partial charge < -0.3 is 20.2 Å². The third-order valence-electron chi connectivity index (χ3n) is 6.26. The number of para-hydroxylation sites is 2. The Morgan fingerprint density at radius 3 is 2.47 bits per heavy atom. The fraction of sp³-hybridized carbons (Fsp3) is 0.0370. The average Bonchev–Trinajstić information content (AvgIpc) is 3.63. The Balaban J connectivity index is 1.29. The molecule has 38 heavy (non-hydrogen) atoms. The molecule has 2 amide bonds. The smallest absolute Gasteiger partial charge is 0.349 e. The largest absolute Gasteiger partial charge is 0.439 e. The van der Waals surface area contributed by atoms with Crippen LogP contribution in [0.25, 0.3) is 33.2 Å². The SMILES string of the molecule is Cn1c(C(=O)Nc2cccc3cc(C(=O)Nc4ccc(Cl)cc4-c4noc(=O)[nH]4)[nH]c23)cc2ccccc21. The third kappa shape index (κ3) is 4.12. The number of carbonyl (C=O) groups is 2. The normalized spacial score (nSPS) is 11.2. The zero-order valence-corrected chi connectivity index (χ0v) is 20.6. The molecule has 0 fully saturated rings. The number of rotatable bonds is 5. The minimum Gasteiger partial charge on any atom is -0.349 e. The van der Waals surface area contributed by atoms with Gasteiger partial charge in [-0.15, -0.1) is 0 Å². The van der Waals surface area contributed by atoms with Crippen molar-refractivity contribution >= 4 is 56.6 Å². The maximum Gasteiger partial charge on any atom is 0.439 e. The fourth-order valence-electron chi connectivity index (χ4n) is 4.43. The molecule has 10 nitrogen and oxygen atoms in total. The van der Waals surface area contributed by atoms with Crippen molar-refractivity contribution in [1.29, 1.82) is 0 Å². The first kappa shape index (κ1) is 23.3. The molecule has 0 unspecified atom stereocenters. The van der Waals surface area contributed by atoms with Gasteiger partial charge in [0.15, 0.2) is 5.82 Å². The Kier molecular flexibility index (Phi) is 5.58. The van der Waals surface area contributed by atoms with Crippen LogP contribution < -0.4 is 16.4 Å². The first-order chi connectivity index (χ1) is 18.4. The van der Waals surface area contributed by atoms with E-state index in [0.717, 1.165) is 16.3 Å². The zero-order chi connectivity index (χ0) is 26.4. The van der Waals surface area contributed by atoms with Crippen molar-refractivity contribution in [3.8, 4) is 11.4 Å². The van der Waals surface area contributed by atoms with Crippen molar-refractivity contribution < 1.29 is 14.1 Å². The Hall–Kier alpha value is -5.09. The Morgan fingerprint density at radius 1 is 0.895 bits per heavy atom. The molecule has 0 atom stereocenters. The molecule has 11 heteroatoms. The highest BCUT2D eigenvalue weighted by Crippen LogP contribution is 2.30. The maximum absolute atomic E-state index is 13.2. The summed E-state index contributed by atoms with van der Waals surface area (Å²) in [7, 11) is 1.84. The van der Waals surface area contributed by atoms with Crippen LogP contribution in [0, 0.1) is 0 Å². The van der Waals surface area contributed by atoms with Gasteiger partial charge in [0.1, 0.15) is 11.4 Å². The number of aromatic nitrogens is 4. The van der Waals surface area contributed by atoms with Gasteiger partial charge in [0, 0.05) is 33.9 Å². The number of carbonyl (C=O) groups excluding carboxylic acids is 2. The van der Waals surface area contributed by atoms with Crippen LogP contribution in [0.3, 0.4) is 0 Å². The highest BCUT2D eigenvalue weighted by molar-refractivity contribution is 6.31. The molecule has 3 aromatic carbocycles. The van der Waals surface area contributed by atoms with Crippen molar-refractivity contribution in [2.45, 2.75) is 0 Å². The lowest BCUT2D eigenvalue weighted by atomic mass is 10.1. The van der Waals surface area contributed by atoms with Gasteiger partial charge in [-0.2, -0.15) is 0 Å². The molecule has 0 aliphatic rings. The lowest BCUT2D eigenvalue weighted by Crippen LogP contribution is -2.16. The van der Waals surface area contributed by atoms with E-state index in [-0.39, 0.29) is 17.4 Å². The summed E-state index contributed by atoms with van der Waals surface area (Å²) in [6, 6.07) is 21.4. The van der Waals surface area contributed by atoms with E-state index >= 15 is 0 Å². The molecule has 0 radical (unpaired) electrons. The first-order valence-electron chi connectivity index (χ1n) is 11.5. The molecule has 3 heterocycles. The van der Waals surface area contributed by atoms with E-state index in [1.807, 2.05) is 48.0 Å². The summed E-state index contributed by atoms with van der Waals surface area (Å²) in [6.45, 7) is 0. The second-order valence-electron chi connectivity index (χ2n) is 8.64. The summed E-state index contributed by atoms with van der Waals surface area (Å²) in [5, 5.41) is 11.5. The summed E-state index contributed by atoms with van der Waals surface area (Å²) in [6.07, 6.45) is 0. The molecular weight excluding hydrogens is 508 g/mol. The van der Waals surface area contributed by atoms with Crippen molar-refractivity contribution in [2.75, 3.05) is 10.6 Å². The number of aromatic amines is 2. The van der Waals surface area contributed by atoms with E-state index in [2.05, 4.69) is 30.3 Å². The number of anilines is 2. The summed E-state index contributed by atoms with van der Waals surface area (Å²) in [4.78, 5) is 43.3. The fourth-order valence-corrected chi connectivity index (χ4v) is 4.60. The van der Waals surface area contributed by atoms with Gasteiger partial charge >= 0.3 is 5.76 Å². The number of fused-ring (bicyclic) bond motifs is 2. The van der Waals surface area contributed by atoms with Crippen LogP contribution in [0.1, 0.15) is 21.0 Å². The Morgan fingerprint density at radius 2 is 1.68 bits per heavy atom. The van der Waals surface area contributed by atoms with Crippen molar-refractivity contribution in [2.24, 2.45) is 7.05 Å². The number of aryl methyl sites for hydroxylation is 1. The van der Waals surface area contributed by atoms with Crippen LogP contribution in [0.5, 0.6) is 0 Å². The monoisotopic (exact) mass is 526 g/mol. The molecule has 4 N–H and O–H groups in total. The van der Waals surface area contributed by atoms with Crippen LogP contribution in [-0.2, 0) is 7.05 Å². The predicted octanol–water partition coefficient (Wildman–Crippen LogP) is 5.16. The number of nitrogens with zero attached hydrogens (tertiary/aromatic N) is 2. The number of benzene rings is 3. The molecule has 0 spiro atoms. The lowest BCUT2D eigenvalue weighted by molar-refractivity contribution is 0.101. The quantitative estimate of drug-likeness (QED) is 0.246. The molecule has 3 aromatic heterocycles. The summed E-state index contributed by atoms with van der Waals surface area (Å²) in [5.74, 6) is -1.32. The van der Waals surface area contributed by atoms with Crippen LogP contribution in [0.15, 0.2) is 82.1 Å². The van der Waals surface area contributed by atoms with Gasteiger partial charge in [0.25, 0.3) is 11.8 Å². The number of hydrogen-bond donors (Lipinski definition) is 4. The first-order valence-corrected chi connectivity index (χ1v) is 11.9. The van der Waals surface area contributed by atoms with Gasteiger partial charge in [0.2, 0.25) is 0 Å². The van der Waals surface area contributed by atoms with E-state index in [4.69, 9.17) is 11.6 Å². The minimum absolute atomic E-state index is 0.128. The molecule has 6 aromatic rings. The molecule has 0 saturated carbocycles. The van der Waals surface area contributed by atoms with Crippen LogP contribution in [0.4, 0.5) is 11.4 Å². The molecule has 6 rings (SSSR count). The summed E-state index contributed by atoms with van der Waals surface area (Å²) in [5.41, 5.74) is 3.61. The van der Waals surface area contributed by atoms with E-state index in [9.17, 15) is 14.4 Å². The van der Waals surface area contributed by atoms with Crippen molar-refractivity contribution in [1.82, 2.24) is 19.7 Å². The topological polar surface area (TPSA) is 138 Å². The highest BCUT2D eigenvalue weighted by Gasteiger charge is 2.18. The van der Waals surface area contributed by atoms with Crippen molar-refractivity contribution in [3.63, 3.8) is 0 Å². The van der Waals surface area contributed by atoms with Gasteiger partial charge in [-0.1, -0.05) is 47.1 Å². The second-order valence-corrected chi connectivity index (χ2v) is 9.08. The van der Waals surface area contributed by atoms with E-state index in [0.29, 0.717) is 33.2 Å². The maximum atomic E-state index is 13.2. The molecule has 0 bridgehead atoms. The van der Waals surface area contributed by atoms with Crippen molar-refractivity contribution in [3.05, 3.63) is 99.8 Å². The van der Waals surface area contributed by atoms with E-state index in [1.54, 1.807) is 36.4 Å². The Labute approximate surface area is 219 Å². The summed E-state index contributed by atoms with van der Waals surface area (Å²) >= 11 is 6.11. The second kappa shape index (κ2) is 9.09. The molecule has 0 aliphatic heterocycles. The van der Waals surface area contributed by atoms with Gasteiger partial charge in [-0.05, 0) is 42.5 Å². The van der Waals surface area contributed by atoms with Crippen LogP contribution in [0.2, 0.25) is 5.02 Å². The number of H-pyrrole nitrogens is 2. The summed E-state index contributed by atoms with van der Waals surface area (Å²) < 4.78 is 6.42. The number of nitrogens with one attached hydrogen (secondary N) is 4. The molecule has 188 valence electrons. The zero-order valence-electron chi connectivity index (χ0n) is 19.8. The van der Waals surface area contributed by atoms with Crippen LogP contribution in [-0.4, -0.2) is 31.5 Å². The van der Waals surface area contributed by atoms with Gasteiger partial charge in [-0.25, -0.2) is 4.79 Å². The molecule has 0 aliphatic carbocycles. The van der Waals surface area contributed by atoms with Crippen LogP contribution >= 0.6 is 11.6 Å². The molecule has 0 saturated heterocycles. The van der Waals surface area contributed by atoms with Gasteiger partial charge in [0.05, 0.1) is 16.9 Å². The number of amides is 2. The standard InChI is InChI=1S/C27H19ClN6O4/c1-34-21-8-3-2-5-14(21)12-22(34)26(36)31-19-7-4-6-15-11-20(29-23(15)19)25(35)30-18-10-9-16(28)13-17(18)24-32-27(37)38-33-24/h2-13,29H,1H3,(H,30,35)(H,31,36)(H,32,33,37). The van der Waals surface area contributed by atoms with Gasteiger partial charge in [-0.3, -0.25) is 19.1 Å². The predicted molar refractivity (Wildman–Crippen MR) is 145 cm³/mol. The van der Waals surface area contributed by atoms with E-state index < -0.39 is 11.7 Å². The average molecular weight is 527 g/mol. The third-order valence-corrected chi connectivity index (χ3v) is 6.49. The number of hydrogen-bond acceptors (Lipinski definition) is 5. The number of halogens is 1. The minimum atomic E-state index is -0.731. The highest BCUT2D eigenvalue weighted by atomic mass is 35.5.